The van der Waals surface area contributed by atoms with Crippen molar-refractivity contribution in [2.45, 2.75) is 161 Å². The number of phosphoric ester groups is 1. The van der Waals surface area contributed by atoms with Crippen molar-refractivity contribution in [1.82, 2.24) is 0 Å². The number of ether oxygens (including phenoxy) is 2. The molecule has 0 aliphatic carbocycles. The van der Waals surface area contributed by atoms with E-state index in [4.69, 9.17) is 24.8 Å². The highest BCUT2D eigenvalue weighted by Crippen LogP contribution is 2.43. The van der Waals surface area contributed by atoms with Gasteiger partial charge in [-0.25, -0.2) is 4.57 Å². The Morgan fingerprint density at radius 2 is 1.10 bits per heavy atom. The van der Waals surface area contributed by atoms with Gasteiger partial charge in [-0.1, -0.05) is 133 Å². The van der Waals surface area contributed by atoms with E-state index in [1.807, 2.05) is 0 Å². The summed E-state index contributed by atoms with van der Waals surface area (Å²) in [6.45, 7) is 2.61. The van der Waals surface area contributed by atoms with Crippen LogP contribution in [0.4, 0.5) is 0 Å². The Kier molecular flexibility index (Phi) is 32.8. The van der Waals surface area contributed by atoms with Crippen molar-refractivity contribution in [1.29, 1.82) is 0 Å². The second-order valence-corrected chi connectivity index (χ2v) is 14.1. The molecule has 0 saturated carbocycles. The van der Waals surface area contributed by atoms with Crippen molar-refractivity contribution in [3.8, 4) is 0 Å². The number of phosphoric acid groups is 1. The molecule has 0 rings (SSSR count). The smallest absolute Gasteiger partial charge is 0.472 e. The largest absolute Gasteiger partial charge is 0.480 e. The van der Waals surface area contributed by atoms with Gasteiger partial charge in [0, 0.05) is 12.8 Å². The molecule has 0 radical (unpaired) electrons. The van der Waals surface area contributed by atoms with Crippen LogP contribution in [0.5, 0.6) is 0 Å². The minimum absolute atomic E-state index is 0.144. The maximum Gasteiger partial charge on any atom is 0.472 e. The topological polar surface area (TPSA) is 172 Å². The molecule has 0 aromatic rings. The fraction of sp³-hybridized carbons (Fsp3) is 0.718. The molecule has 3 atom stereocenters. The molecule has 0 aliphatic rings. The predicted octanol–water partition coefficient (Wildman–Crippen LogP) is 9.44. The predicted molar refractivity (Wildman–Crippen MR) is 203 cm³/mol. The van der Waals surface area contributed by atoms with Gasteiger partial charge in [0.25, 0.3) is 0 Å². The third-order valence-electron chi connectivity index (χ3n) is 7.84. The Hall–Kier alpha value is -2.56. The van der Waals surface area contributed by atoms with Gasteiger partial charge in [0.2, 0.25) is 0 Å². The van der Waals surface area contributed by atoms with E-state index in [1.165, 1.54) is 25.7 Å². The maximum absolute atomic E-state index is 12.6. The molecule has 0 spiro atoms. The first-order valence-corrected chi connectivity index (χ1v) is 20.7. The lowest BCUT2D eigenvalue weighted by atomic mass is 10.1. The van der Waals surface area contributed by atoms with Gasteiger partial charge >= 0.3 is 25.7 Å². The second-order valence-electron chi connectivity index (χ2n) is 12.7. The number of aliphatic carboxylic acids is 1. The fourth-order valence-electron chi connectivity index (χ4n) is 4.82. The summed E-state index contributed by atoms with van der Waals surface area (Å²) in [5.74, 6) is -2.41. The number of esters is 2. The average molecular weight is 742 g/mol. The molecule has 0 aliphatic heterocycles. The zero-order chi connectivity index (χ0) is 37.8. The third kappa shape index (κ3) is 34.3. The van der Waals surface area contributed by atoms with E-state index in [9.17, 15) is 23.8 Å². The quantitative estimate of drug-likeness (QED) is 0.0244. The van der Waals surface area contributed by atoms with Crippen LogP contribution >= 0.6 is 7.82 Å². The number of hydrogen-bond acceptors (Lipinski definition) is 9. The Bertz CT molecular complexity index is 1060. The van der Waals surface area contributed by atoms with Crippen LogP contribution in [0.25, 0.3) is 0 Å². The SMILES string of the molecule is CC/C=C\C/C=C\C/C=C\C/C=C\CCCCCCCCC(=O)OC(COC(=O)CCCCCCCCCC)COP(=O)(O)OCC(N)C(=O)O. The van der Waals surface area contributed by atoms with Gasteiger partial charge in [-0.3, -0.25) is 23.4 Å². The van der Waals surface area contributed by atoms with E-state index >= 15 is 0 Å². The van der Waals surface area contributed by atoms with Gasteiger partial charge in [0.15, 0.2) is 6.10 Å². The molecule has 4 N–H and O–H groups in total. The van der Waals surface area contributed by atoms with E-state index in [2.05, 4.69) is 67.0 Å². The monoisotopic (exact) mass is 741 g/mol. The minimum atomic E-state index is -4.71. The van der Waals surface area contributed by atoms with Crippen molar-refractivity contribution >= 4 is 25.7 Å². The third-order valence-corrected chi connectivity index (χ3v) is 8.79. The van der Waals surface area contributed by atoms with Gasteiger partial charge in [-0.05, 0) is 51.4 Å². The van der Waals surface area contributed by atoms with Crippen LogP contribution < -0.4 is 5.73 Å². The number of carboxylic acids is 1. The number of allylic oxidation sites excluding steroid dienone is 8. The molecule has 0 aromatic carbocycles. The Morgan fingerprint density at radius 3 is 1.65 bits per heavy atom. The number of carbonyl (C=O) groups excluding carboxylic acids is 2. The summed E-state index contributed by atoms with van der Waals surface area (Å²) in [6.07, 6.45) is 36.2. The number of carbonyl (C=O) groups is 3. The van der Waals surface area contributed by atoms with Crippen LogP contribution in [0.3, 0.4) is 0 Å². The summed E-state index contributed by atoms with van der Waals surface area (Å²) in [6, 6.07) is -1.52. The summed E-state index contributed by atoms with van der Waals surface area (Å²) in [7, 11) is -4.71. The highest BCUT2D eigenvalue weighted by atomic mass is 31.2. The molecule has 0 aromatic heterocycles. The molecule has 0 heterocycles. The molecule has 294 valence electrons. The first kappa shape index (κ1) is 48.4. The standard InChI is InChI=1S/C39H68NO10P/c1-3-5-7-9-11-13-14-15-16-17-18-19-20-21-22-23-25-27-29-31-38(42)50-35(33-48-51(45,46)49-34-36(40)39(43)44)32-47-37(41)30-28-26-24-12-10-8-6-4-2/h5,7,11,13,15-16,18-19,35-36H,3-4,6,8-10,12,14,17,20-34,40H2,1-2H3,(H,43,44)(H,45,46)/b7-5-,13-11-,16-15-,19-18-. The van der Waals surface area contributed by atoms with Crippen LogP contribution in [0.1, 0.15) is 149 Å². The summed E-state index contributed by atoms with van der Waals surface area (Å²) >= 11 is 0. The van der Waals surface area contributed by atoms with Crippen LogP contribution in [0.15, 0.2) is 48.6 Å². The first-order chi connectivity index (χ1) is 24.6. The van der Waals surface area contributed by atoms with Crippen molar-refractivity contribution in [3.05, 3.63) is 48.6 Å². The van der Waals surface area contributed by atoms with E-state index in [1.54, 1.807) is 0 Å². The highest BCUT2D eigenvalue weighted by molar-refractivity contribution is 7.47. The van der Waals surface area contributed by atoms with Crippen molar-refractivity contribution in [2.24, 2.45) is 5.73 Å². The van der Waals surface area contributed by atoms with Gasteiger partial charge in [-0.2, -0.15) is 0 Å². The van der Waals surface area contributed by atoms with E-state index in [0.717, 1.165) is 83.5 Å². The van der Waals surface area contributed by atoms with Crippen LogP contribution in [-0.2, 0) is 37.5 Å². The summed E-state index contributed by atoms with van der Waals surface area (Å²) < 4.78 is 32.5. The van der Waals surface area contributed by atoms with Gasteiger partial charge < -0.3 is 25.2 Å². The van der Waals surface area contributed by atoms with Gasteiger partial charge in [0.05, 0.1) is 13.2 Å². The van der Waals surface area contributed by atoms with Crippen molar-refractivity contribution < 1.29 is 47.5 Å². The van der Waals surface area contributed by atoms with Crippen LogP contribution in [0.2, 0.25) is 0 Å². The Balaban J connectivity index is 4.40. The van der Waals surface area contributed by atoms with Crippen molar-refractivity contribution in [2.75, 3.05) is 19.8 Å². The molecule has 0 bridgehead atoms. The van der Waals surface area contributed by atoms with E-state index in [0.29, 0.717) is 12.8 Å². The van der Waals surface area contributed by atoms with E-state index in [-0.39, 0.29) is 19.4 Å². The fourth-order valence-corrected chi connectivity index (χ4v) is 5.60. The Labute approximate surface area is 307 Å². The van der Waals surface area contributed by atoms with Crippen LogP contribution in [0, 0.1) is 0 Å². The van der Waals surface area contributed by atoms with Crippen molar-refractivity contribution in [3.63, 3.8) is 0 Å². The lowest BCUT2D eigenvalue weighted by molar-refractivity contribution is -0.161. The maximum atomic E-state index is 12.6. The second kappa shape index (κ2) is 34.5. The average Bonchev–Trinajstić information content (AvgIpc) is 3.10. The van der Waals surface area contributed by atoms with Gasteiger partial charge in [0.1, 0.15) is 12.6 Å². The number of carboxylic acid groups (broad SMARTS) is 1. The van der Waals surface area contributed by atoms with Crippen LogP contribution in [-0.4, -0.2) is 59.9 Å². The van der Waals surface area contributed by atoms with Gasteiger partial charge in [-0.15, -0.1) is 0 Å². The lowest BCUT2D eigenvalue weighted by Crippen LogP contribution is -2.34. The molecule has 12 heteroatoms. The zero-order valence-corrected chi connectivity index (χ0v) is 32.3. The summed E-state index contributed by atoms with van der Waals surface area (Å²) in [5.41, 5.74) is 5.31. The molecule has 0 fully saturated rings. The first-order valence-electron chi connectivity index (χ1n) is 19.2. The lowest BCUT2D eigenvalue weighted by Gasteiger charge is -2.20. The molecule has 0 saturated heterocycles. The molecular formula is C39H68NO10P. The number of nitrogens with two attached hydrogens (primary N) is 1. The zero-order valence-electron chi connectivity index (χ0n) is 31.4. The Morgan fingerprint density at radius 1 is 0.627 bits per heavy atom. The number of rotatable bonds is 35. The summed E-state index contributed by atoms with van der Waals surface area (Å²) in [5, 5.41) is 8.85. The molecule has 11 nitrogen and oxygen atoms in total. The molecule has 0 amide bonds. The van der Waals surface area contributed by atoms with E-state index < -0.39 is 51.1 Å². The molecule has 3 unspecified atom stereocenters. The molecule has 51 heavy (non-hydrogen) atoms. The minimum Gasteiger partial charge on any atom is -0.480 e. The number of unbranched alkanes of at least 4 members (excludes halogenated alkanes) is 13. The number of hydrogen-bond donors (Lipinski definition) is 3. The summed E-state index contributed by atoms with van der Waals surface area (Å²) in [4.78, 5) is 45.6. The highest BCUT2D eigenvalue weighted by Gasteiger charge is 2.28. The normalized spacial score (nSPS) is 14.4. The molecular weight excluding hydrogens is 673 g/mol.